The van der Waals surface area contributed by atoms with Crippen molar-refractivity contribution in [3.05, 3.63) is 95.7 Å². The lowest BCUT2D eigenvalue weighted by Crippen LogP contribution is -2.47. The molecule has 8 heteroatoms. The third-order valence-corrected chi connectivity index (χ3v) is 6.51. The van der Waals surface area contributed by atoms with Gasteiger partial charge in [-0.25, -0.2) is 4.39 Å². The van der Waals surface area contributed by atoms with Gasteiger partial charge in [0.2, 0.25) is 11.8 Å². The lowest BCUT2D eigenvalue weighted by Gasteiger charge is -2.31. The molecule has 0 N–H and O–H groups in total. The second-order valence-corrected chi connectivity index (χ2v) is 9.21. The SMILES string of the molecule is O=C(CCc1ccccc1)N(CCN1CCOCC1)CC(=O)N(Cc1ccc(F)cc1)Cc1ccco1. The van der Waals surface area contributed by atoms with E-state index in [4.69, 9.17) is 9.15 Å². The second-order valence-electron chi connectivity index (χ2n) is 9.21. The van der Waals surface area contributed by atoms with E-state index in [1.54, 1.807) is 34.3 Å². The fourth-order valence-electron chi connectivity index (χ4n) is 4.33. The van der Waals surface area contributed by atoms with Gasteiger partial charge >= 0.3 is 0 Å². The van der Waals surface area contributed by atoms with E-state index in [1.165, 1.54) is 12.1 Å². The minimum absolute atomic E-state index is 0.0279. The Morgan fingerprint density at radius 1 is 0.838 bits per heavy atom. The van der Waals surface area contributed by atoms with E-state index in [9.17, 15) is 14.0 Å². The zero-order valence-electron chi connectivity index (χ0n) is 21.1. The molecule has 7 nitrogen and oxygen atoms in total. The molecule has 37 heavy (non-hydrogen) atoms. The van der Waals surface area contributed by atoms with E-state index in [2.05, 4.69) is 4.90 Å². The Morgan fingerprint density at radius 3 is 2.30 bits per heavy atom. The lowest BCUT2D eigenvalue weighted by molar-refractivity contribution is -0.141. The van der Waals surface area contributed by atoms with Crippen LogP contribution in [-0.2, 0) is 33.8 Å². The minimum Gasteiger partial charge on any atom is -0.467 e. The Balaban J connectivity index is 1.45. The normalized spacial score (nSPS) is 13.9. The molecule has 0 bridgehead atoms. The molecule has 0 radical (unpaired) electrons. The highest BCUT2D eigenvalue weighted by molar-refractivity contribution is 5.85. The third-order valence-electron chi connectivity index (χ3n) is 6.51. The topological polar surface area (TPSA) is 66.2 Å². The van der Waals surface area contributed by atoms with Crippen molar-refractivity contribution in [3.8, 4) is 0 Å². The number of benzene rings is 2. The zero-order chi connectivity index (χ0) is 25.9. The van der Waals surface area contributed by atoms with E-state index < -0.39 is 0 Å². The maximum absolute atomic E-state index is 13.6. The third kappa shape index (κ3) is 8.55. The number of amides is 2. The largest absolute Gasteiger partial charge is 0.467 e. The van der Waals surface area contributed by atoms with Gasteiger partial charge in [-0.3, -0.25) is 14.5 Å². The molecule has 3 aromatic rings. The Bertz CT molecular complexity index is 1100. The summed E-state index contributed by atoms with van der Waals surface area (Å²) in [5.41, 5.74) is 1.89. The van der Waals surface area contributed by atoms with Gasteiger partial charge in [0.05, 0.1) is 32.6 Å². The summed E-state index contributed by atoms with van der Waals surface area (Å²) in [7, 11) is 0. The van der Waals surface area contributed by atoms with Crippen LogP contribution in [0, 0.1) is 5.82 Å². The molecular formula is C29H34FN3O4. The number of ether oxygens (including phenoxy) is 1. The Hall–Kier alpha value is -3.49. The molecule has 1 aromatic heterocycles. The van der Waals surface area contributed by atoms with Gasteiger partial charge in [-0.05, 0) is 41.8 Å². The standard InChI is InChI=1S/C29H34FN3O4/c30-26-11-8-25(9-12-26)21-33(22-27-7-4-18-37-27)29(35)23-32(15-14-31-16-19-36-20-17-31)28(34)13-10-24-5-2-1-3-6-24/h1-9,11-12,18H,10,13-17,19-23H2. The highest BCUT2D eigenvalue weighted by atomic mass is 19.1. The number of carbonyl (C=O) groups is 2. The number of furan rings is 1. The van der Waals surface area contributed by atoms with Crippen molar-refractivity contribution in [1.82, 2.24) is 14.7 Å². The summed E-state index contributed by atoms with van der Waals surface area (Å²) in [6.07, 6.45) is 2.52. The monoisotopic (exact) mass is 507 g/mol. The molecule has 0 spiro atoms. The molecule has 1 aliphatic heterocycles. The van der Waals surface area contributed by atoms with Crippen molar-refractivity contribution in [2.24, 2.45) is 0 Å². The van der Waals surface area contributed by atoms with Crippen LogP contribution in [0.1, 0.15) is 23.3 Å². The molecule has 0 unspecified atom stereocenters. The highest BCUT2D eigenvalue weighted by Gasteiger charge is 2.23. The van der Waals surface area contributed by atoms with Gasteiger partial charge in [0.15, 0.2) is 0 Å². The number of aryl methyl sites for hydroxylation is 1. The average molecular weight is 508 g/mol. The van der Waals surface area contributed by atoms with Crippen molar-refractivity contribution in [2.75, 3.05) is 45.9 Å². The number of nitrogens with zero attached hydrogens (tertiary/aromatic N) is 3. The number of halogens is 1. The van der Waals surface area contributed by atoms with Crippen LogP contribution in [0.5, 0.6) is 0 Å². The molecule has 2 heterocycles. The Labute approximate surface area is 217 Å². The zero-order valence-corrected chi connectivity index (χ0v) is 21.1. The molecular weight excluding hydrogens is 473 g/mol. The van der Waals surface area contributed by atoms with Crippen molar-refractivity contribution in [3.63, 3.8) is 0 Å². The van der Waals surface area contributed by atoms with Crippen LogP contribution in [0.15, 0.2) is 77.4 Å². The molecule has 4 rings (SSSR count). The van der Waals surface area contributed by atoms with E-state index in [0.717, 1.165) is 24.2 Å². The number of morpholine rings is 1. The van der Waals surface area contributed by atoms with Gasteiger partial charge < -0.3 is 19.0 Å². The van der Waals surface area contributed by atoms with Crippen molar-refractivity contribution >= 4 is 11.8 Å². The molecule has 0 saturated carbocycles. The minimum atomic E-state index is -0.328. The van der Waals surface area contributed by atoms with Crippen LogP contribution in [0.2, 0.25) is 0 Å². The first-order valence-electron chi connectivity index (χ1n) is 12.7. The molecule has 0 atom stereocenters. The van der Waals surface area contributed by atoms with Gasteiger partial charge in [-0.1, -0.05) is 42.5 Å². The van der Waals surface area contributed by atoms with Gasteiger partial charge in [0.25, 0.3) is 0 Å². The van der Waals surface area contributed by atoms with E-state index in [1.807, 2.05) is 36.4 Å². The van der Waals surface area contributed by atoms with Crippen LogP contribution in [-0.4, -0.2) is 72.5 Å². The molecule has 1 saturated heterocycles. The summed E-state index contributed by atoms with van der Waals surface area (Å²) in [5.74, 6) is 0.0812. The smallest absolute Gasteiger partial charge is 0.242 e. The van der Waals surface area contributed by atoms with Gasteiger partial charge in [-0.2, -0.15) is 0 Å². The fourth-order valence-corrected chi connectivity index (χ4v) is 4.33. The van der Waals surface area contributed by atoms with Gasteiger partial charge in [0, 0.05) is 39.1 Å². The summed E-state index contributed by atoms with van der Waals surface area (Å²) < 4.78 is 24.4. The first kappa shape index (κ1) is 26.6. The van der Waals surface area contributed by atoms with Crippen molar-refractivity contribution in [2.45, 2.75) is 25.9 Å². The summed E-state index contributed by atoms with van der Waals surface area (Å²) in [5, 5.41) is 0. The summed E-state index contributed by atoms with van der Waals surface area (Å²) in [6.45, 7) is 4.65. The quantitative estimate of drug-likeness (QED) is 0.374. The van der Waals surface area contributed by atoms with Crippen LogP contribution >= 0.6 is 0 Å². The first-order valence-corrected chi connectivity index (χ1v) is 12.7. The maximum atomic E-state index is 13.6. The summed E-state index contributed by atoms with van der Waals surface area (Å²) in [4.78, 5) is 32.4. The Morgan fingerprint density at radius 2 is 1.59 bits per heavy atom. The summed E-state index contributed by atoms with van der Waals surface area (Å²) >= 11 is 0. The molecule has 1 fully saturated rings. The van der Waals surface area contributed by atoms with E-state index >= 15 is 0 Å². The highest BCUT2D eigenvalue weighted by Crippen LogP contribution is 2.14. The molecule has 0 aliphatic carbocycles. The Kier molecular flexibility index (Phi) is 9.85. The first-order chi connectivity index (χ1) is 18.1. The number of hydrogen-bond acceptors (Lipinski definition) is 5. The number of carbonyl (C=O) groups excluding carboxylic acids is 2. The van der Waals surface area contributed by atoms with Gasteiger partial charge in [0.1, 0.15) is 11.6 Å². The van der Waals surface area contributed by atoms with E-state index in [0.29, 0.717) is 44.9 Å². The maximum Gasteiger partial charge on any atom is 0.242 e. The van der Waals surface area contributed by atoms with Crippen LogP contribution in [0.25, 0.3) is 0 Å². The van der Waals surface area contributed by atoms with Crippen LogP contribution in [0.4, 0.5) is 4.39 Å². The van der Waals surface area contributed by atoms with Crippen molar-refractivity contribution < 1.29 is 23.1 Å². The lowest BCUT2D eigenvalue weighted by atomic mass is 10.1. The van der Waals surface area contributed by atoms with Crippen LogP contribution in [0.3, 0.4) is 0 Å². The average Bonchev–Trinajstić information content (AvgIpc) is 3.45. The molecule has 1 aliphatic rings. The number of rotatable bonds is 12. The molecule has 2 aromatic carbocycles. The van der Waals surface area contributed by atoms with Crippen molar-refractivity contribution in [1.29, 1.82) is 0 Å². The fraction of sp³-hybridized carbons (Fsp3) is 0.379. The predicted octanol–water partition coefficient (Wildman–Crippen LogP) is 3.74. The molecule has 2 amide bonds. The predicted molar refractivity (Wildman–Crippen MR) is 138 cm³/mol. The summed E-state index contributed by atoms with van der Waals surface area (Å²) in [6, 6.07) is 19.6. The van der Waals surface area contributed by atoms with Gasteiger partial charge in [-0.15, -0.1) is 0 Å². The van der Waals surface area contributed by atoms with E-state index in [-0.39, 0.29) is 37.3 Å². The molecule has 196 valence electrons. The van der Waals surface area contributed by atoms with Crippen LogP contribution < -0.4 is 0 Å². The number of hydrogen-bond donors (Lipinski definition) is 0. The second kappa shape index (κ2) is 13.7.